The second kappa shape index (κ2) is 8.14. The maximum Gasteiger partial charge on any atom is 0.257 e. The monoisotopic (exact) mass is 382 g/mol. The first kappa shape index (κ1) is 18.7. The Morgan fingerprint density at radius 1 is 1.29 bits per heavy atom. The molecule has 0 saturated carbocycles. The summed E-state index contributed by atoms with van der Waals surface area (Å²) < 4.78 is 10.6. The summed E-state index contributed by atoms with van der Waals surface area (Å²) in [4.78, 5) is 24.5. The normalized spacial score (nSPS) is 19.1. The van der Waals surface area contributed by atoms with Crippen molar-refractivity contribution in [3.8, 4) is 11.5 Å². The zero-order valence-corrected chi connectivity index (χ0v) is 16.4. The first-order valence-electron chi connectivity index (χ1n) is 9.76. The number of hydrogen-bond acceptors (Lipinski definition) is 6. The number of aromatic nitrogens is 2. The van der Waals surface area contributed by atoms with Crippen LogP contribution >= 0.6 is 0 Å². The number of ether oxygens (including phenoxy) is 2. The molecule has 1 N–H and O–H groups in total. The van der Waals surface area contributed by atoms with Crippen molar-refractivity contribution in [2.45, 2.75) is 31.7 Å². The van der Waals surface area contributed by atoms with Crippen molar-refractivity contribution in [2.24, 2.45) is 0 Å². The van der Waals surface area contributed by atoms with Crippen LogP contribution < -0.4 is 14.8 Å². The number of carbonyl (C=O) groups is 1. The van der Waals surface area contributed by atoms with Crippen LogP contribution in [-0.4, -0.2) is 54.6 Å². The summed E-state index contributed by atoms with van der Waals surface area (Å²) in [6.07, 6.45) is 4.82. The Kier molecular flexibility index (Phi) is 5.43. The van der Waals surface area contributed by atoms with Crippen molar-refractivity contribution >= 4 is 5.91 Å². The molecule has 0 radical (unpaired) electrons. The van der Waals surface area contributed by atoms with Gasteiger partial charge in [-0.25, -0.2) is 9.97 Å². The number of piperidine rings is 1. The van der Waals surface area contributed by atoms with E-state index >= 15 is 0 Å². The predicted molar refractivity (Wildman–Crippen MR) is 105 cm³/mol. The summed E-state index contributed by atoms with van der Waals surface area (Å²) >= 11 is 0. The van der Waals surface area contributed by atoms with Crippen LogP contribution in [0.2, 0.25) is 0 Å². The highest BCUT2D eigenvalue weighted by Gasteiger charge is 2.29. The molecule has 0 bridgehead atoms. The third-order valence-corrected chi connectivity index (χ3v) is 5.54. The lowest BCUT2D eigenvalue weighted by Gasteiger charge is -2.32. The van der Waals surface area contributed by atoms with E-state index in [-0.39, 0.29) is 11.8 Å². The lowest BCUT2D eigenvalue weighted by atomic mass is 9.95. The van der Waals surface area contributed by atoms with E-state index in [1.54, 1.807) is 32.4 Å². The largest absolute Gasteiger partial charge is 0.497 e. The van der Waals surface area contributed by atoms with Gasteiger partial charge in [-0.05, 0) is 25.0 Å². The summed E-state index contributed by atoms with van der Waals surface area (Å²) in [5, 5.41) is 3.35. The van der Waals surface area contributed by atoms with Gasteiger partial charge in [0, 0.05) is 62.0 Å². The Morgan fingerprint density at radius 2 is 2.18 bits per heavy atom. The summed E-state index contributed by atoms with van der Waals surface area (Å²) in [5.41, 5.74) is 2.88. The highest BCUT2D eigenvalue weighted by Crippen LogP contribution is 2.30. The quantitative estimate of drug-likeness (QED) is 0.873. The van der Waals surface area contributed by atoms with Gasteiger partial charge in [-0.3, -0.25) is 4.79 Å². The summed E-state index contributed by atoms with van der Waals surface area (Å²) in [5.74, 6) is 2.21. The van der Waals surface area contributed by atoms with E-state index in [1.807, 2.05) is 11.1 Å². The molecule has 1 atom stereocenters. The van der Waals surface area contributed by atoms with E-state index in [2.05, 4.69) is 10.3 Å². The SMILES string of the molecule is COc1ccc(C(=O)N2CCC[C@H](c3ncc4c(n3)CCNC4)C2)c(OC)c1. The molecule has 2 aromatic rings. The van der Waals surface area contributed by atoms with Gasteiger partial charge in [-0.2, -0.15) is 0 Å². The van der Waals surface area contributed by atoms with E-state index in [9.17, 15) is 4.79 Å². The van der Waals surface area contributed by atoms with Crippen LogP contribution in [-0.2, 0) is 13.0 Å². The zero-order valence-electron chi connectivity index (χ0n) is 16.4. The topological polar surface area (TPSA) is 76.6 Å². The standard InChI is InChI=1S/C21H26N4O3/c1-27-16-5-6-17(19(10-16)28-2)21(26)25-9-3-4-14(13-25)20-23-12-15-11-22-8-7-18(15)24-20/h5-6,10,12,14,22H,3-4,7-9,11,13H2,1-2H3/t14-/m0/s1. The van der Waals surface area contributed by atoms with E-state index < -0.39 is 0 Å². The van der Waals surface area contributed by atoms with Gasteiger partial charge in [0.05, 0.1) is 19.8 Å². The molecular weight excluding hydrogens is 356 g/mol. The van der Waals surface area contributed by atoms with E-state index in [0.29, 0.717) is 23.6 Å². The van der Waals surface area contributed by atoms with Crippen LogP contribution in [0.5, 0.6) is 11.5 Å². The van der Waals surface area contributed by atoms with Crippen molar-refractivity contribution < 1.29 is 14.3 Å². The third kappa shape index (κ3) is 3.67. The molecule has 28 heavy (non-hydrogen) atoms. The molecule has 1 aromatic carbocycles. The van der Waals surface area contributed by atoms with E-state index in [0.717, 1.165) is 50.4 Å². The molecule has 1 aromatic heterocycles. The van der Waals surface area contributed by atoms with Crippen molar-refractivity contribution in [3.05, 3.63) is 47.0 Å². The summed E-state index contributed by atoms with van der Waals surface area (Å²) in [6.45, 7) is 3.16. The average Bonchev–Trinajstić information content (AvgIpc) is 2.77. The van der Waals surface area contributed by atoms with Gasteiger partial charge in [0.1, 0.15) is 17.3 Å². The Balaban J connectivity index is 1.53. The molecule has 7 heteroatoms. The third-order valence-electron chi connectivity index (χ3n) is 5.54. The Hall–Kier alpha value is -2.67. The molecule has 2 aliphatic rings. The second-order valence-electron chi connectivity index (χ2n) is 7.28. The number of nitrogens with zero attached hydrogens (tertiary/aromatic N) is 3. The molecule has 7 nitrogen and oxygen atoms in total. The van der Waals surface area contributed by atoms with Crippen LogP contribution in [0.3, 0.4) is 0 Å². The number of carbonyl (C=O) groups excluding carboxylic acids is 1. The lowest BCUT2D eigenvalue weighted by molar-refractivity contribution is 0.0701. The van der Waals surface area contributed by atoms with Crippen molar-refractivity contribution in [2.75, 3.05) is 33.9 Å². The smallest absolute Gasteiger partial charge is 0.257 e. The van der Waals surface area contributed by atoms with Gasteiger partial charge in [0.25, 0.3) is 5.91 Å². The molecular formula is C21H26N4O3. The van der Waals surface area contributed by atoms with E-state index in [4.69, 9.17) is 14.5 Å². The maximum atomic E-state index is 13.1. The van der Waals surface area contributed by atoms with Crippen molar-refractivity contribution in [3.63, 3.8) is 0 Å². The molecule has 0 aliphatic carbocycles. The number of likely N-dealkylation sites (tertiary alicyclic amines) is 1. The number of hydrogen-bond donors (Lipinski definition) is 1. The van der Waals surface area contributed by atoms with Crippen LogP contribution in [0.1, 0.15) is 46.2 Å². The average molecular weight is 382 g/mol. The van der Waals surface area contributed by atoms with Crippen LogP contribution in [0, 0.1) is 0 Å². The van der Waals surface area contributed by atoms with Gasteiger partial charge in [-0.1, -0.05) is 0 Å². The Bertz CT molecular complexity index is 871. The molecule has 0 spiro atoms. The highest BCUT2D eigenvalue weighted by atomic mass is 16.5. The Labute approximate surface area is 165 Å². The first-order chi connectivity index (χ1) is 13.7. The molecule has 148 valence electrons. The molecule has 1 saturated heterocycles. The van der Waals surface area contributed by atoms with Crippen LogP contribution in [0.15, 0.2) is 24.4 Å². The van der Waals surface area contributed by atoms with Gasteiger partial charge in [0.2, 0.25) is 0 Å². The maximum absolute atomic E-state index is 13.1. The summed E-state index contributed by atoms with van der Waals surface area (Å²) in [6, 6.07) is 5.30. The molecule has 3 heterocycles. The minimum absolute atomic E-state index is 0.0219. The number of amides is 1. The van der Waals surface area contributed by atoms with Crippen LogP contribution in [0.25, 0.3) is 0 Å². The molecule has 2 aliphatic heterocycles. The minimum atomic E-state index is -0.0219. The number of methoxy groups -OCH3 is 2. The van der Waals surface area contributed by atoms with Crippen LogP contribution in [0.4, 0.5) is 0 Å². The summed E-state index contributed by atoms with van der Waals surface area (Å²) in [7, 11) is 3.17. The first-order valence-corrected chi connectivity index (χ1v) is 9.76. The molecule has 1 amide bonds. The fourth-order valence-corrected chi connectivity index (χ4v) is 3.97. The minimum Gasteiger partial charge on any atom is -0.497 e. The highest BCUT2D eigenvalue weighted by molar-refractivity contribution is 5.97. The van der Waals surface area contributed by atoms with Gasteiger partial charge in [-0.15, -0.1) is 0 Å². The van der Waals surface area contributed by atoms with Gasteiger partial charge in [0.15, 0.2) is 0 Å². The molecule has 1 fully saturated rings. The van der Waals surface area contributed by atoms with E-state index in [1.165, 1.54) is 5.56 Å². The van der Waals surface area contributed by atoms with Crippen molar-refractivity contribution in [1.29, 1.82) is 0 Å². The second-order valence-corrected chi connectivity index (χ2v) is 7.28. The number of fused-ring (bicyclic) bond motifs is 1. The number of nitrogens with one attached hydrogen (secondary N) is 1. The number of benzene rings is 1. The fourth-order valence-electron chi connectivity index (χ4n) is 3.97. The molecule has 0 unspecified atom stereocenters. The number of rotatable bonds is 4. The molecule has 4 rings (SSSR count). The van der Waals surface area contributed by atoms with Gasteiger partial charge < -0.3 is 19.7 Å². The zero-order chi connectivity index (χ0) is 19.5. The fraction of sp³-hybridized carbons (Fsp3) is 0.476. The Morgan fingerprint density at radius 3 is 3.00 bits per heavy atom. The van der Waals surface area contributed by atoms with Crippen molar-refractivity contribution in [1.82, 2.24) is 20.2 Å². The lowest BCUT2D eigenvalue weighted by Crippen LogP contribution is -2.40. The predicted octanol–water partition coefficient (Wildman–Crippen LogP) is 2.16. The van der Waals surface area contributed by atoms with Gasteiger partial charge >= 0.3 is 0 Å².